The fourth-order valence-corrected chi connectivity index (χ4v) is 3.22. The number of carboxylic acids is 1. The van der Waals surface area contributed by atoms with E-state index in [0.717, 1.165) is 0 Å². The van der Waals surface area contributed by atoms with Crippen LogP contribution in [0.4, 0.5) is 0 Å². The van der Waals surface area contributed by atoms with Gasteiger partial charge in [-0.3, -0.25) is 4.79 Å². The number of aromatic nitrogens is 3. The zero-order valence-electron chi connectivity index (χ0n) is 13.9. The number of carbonyl (C=O) groups excluding carboxylic acids is 1. The molecule has 138 valence electrons. The lowest BCUT2D eigenvalue weighted by Gasteiger charge is -2.29. The average molecular weight is 399 g/mol. The number of para-hydroxylation sites is 1. The molecular weight excluding hydrogens is 383 g/mol. The number of morpholine rings is 1. The van der Waals surface area contributed by atoms with E-state index < -0.39 is 18.0 Å². The highest BCUT2D eigenvalue weighted by Gasteiger charge is 2.31. The van der Waals surface area contributed by atoms with Gasteiger partial charge in [0.1, 0.15) is 11.5 Å². The van der Waals surface area contributed by atoms with Crippen LogP contribution in [0.25, 0.3) is 5.69 Å². The summed E-state index contributed by atoms with van der Waals surface area (Å²) in [4.78, 5) is 29.5. The van der Waals surface area contributed by atoms with Crippen LogP contribution in [0.15, 0.2) is 18.2 Å². The molecule has 10 heteroatoms. The number of halogens is 2. The van der Waals surface area contributed by atoms with Gasteiger partial charge in [-0.25, -0.2) is 14.5 Å². The molecule has 1 N–H and O–H groups in total. The molecule has 8 nitrogen and oxygen atoms in total. The molecule has 1 aliphatic rings. The molecule has 0 unspecified atom stereocenters. The van der Waals surface area contributed by atoms with Crippen LogP contribution in [0.3, 0.4) is 0 Å². The number of aliphatic carboxylic acids is 1. The van der Waals surface area contributed by atoms with Gasteiger partial charge in [0.25, 0.3) is 5.91 Å². The second-order valence-electron chi connectivity index (χ2n) is 5.64. The van der Waals surface area contributed by atoms with E-state index in [4.69, 9.17) is 33.0 Å². The van der Waals surface area contributed by atoms with Crippen LogP contribution in [0.5, 0.6) is 0 Å². The Kier molecular flexibility index (Phi) is 5.45. The fourth-order valence-electron chi connectivity index (χ4n) is 2.66. The van der Waals surface area contributed by atoms with Gasteiger partial charge in [0, 0.05) is 13.0 Å². The van der Waals surface area contributed by atoms with Crippen molar-refractivity contribution >= 4 is 35.1 Å². The topological polar surface area (TPSA) is 97.6 Å². The number of benzene rings is 1. The maximum atomic E-state index is 12.7. The number of rotatable bonds is 4. The minimum atomic E-state index is -1.11. The maximum Gasteiger partial charge on any atom is 0.334 e. The summed E-state index contributed by atoms with van der Waals surface area (Å²) in [5, 5.41) is 14.1. The molecule has 1 aliphatic heterocycles. The van der Waals surface area contributed by atoms with Crippen LogP contribution in [0.1, 0.15) is 23.4 Å². The van der Waals surface area contributed by atoms with Gasteiger partial charge in [0.2, 0.25) is 5.82 Å². The molecule has 1 amide bonds. The van der Waals surface area contributed by atoms with Gasteiger partial charge in [-0.05, 0) is 12.1 Å². The molecule has 1 fully saturated rings. The van der Waals surface area contributed by atoms with Crippen LogP contribution in [-0.4, -0.2) is 62.4 Å². The summed E-state index contributed by atoms with van der Waals surface area (Å²) in [6, 6.07) is 5.05. The van der Waals surface area contributed by atoms with Crippen molar-refractivity contribution in [2.24, 2.45) is 0 Å². The van der Waals surface area contributed by atoms with Crippen molar-refractivity contribution in [3.63, 3.8) is 0 Å². The number of ether oxygens (including phenoxy) is 1. The number of hydrogen-bond acceptors (Lipinski definition) is 5. The minimum Gasteiger partial charge on any atom is -0.479 e. The molecule has 0 radical (unpaired) electrons. The number of aryl methyl sites for hydroxylation is 1. The lowest BCUT2D eigenvalue weighted by molar-refractivity contribution is -0.154. The first-order valence-electron chi connectivity index (χ1n) is 7.96. The molecule has 1 atom stereocenters. The molecule has 0 spiro atoms. The Balaban J connectivity index is 1.94. The lowest BCUT2D eigenvalue weighted by atomic mass is 10.2. The Morgan fingerprint density at radius 3 is 2.65 bits per heavy atom. The number of hydrogen-bond donors (Lipinski definition) is 1. The van der Waals surface area contributed by atoms with Crippen LogP contribution in [0, 0.1) is 0 Å². The van der Waals surface area contributed by atoms with Crippen LogP contribution < -0.4 is 0 Å². The lowest BCUT2D eigenvalue weighted by Crippen LogP contribution is -2.48. The van der Waals surface area contributed by atoms with Gasteiger partial charge in [0.15, 0.2) is 6.10 Å². The molecule has 2 aromatic rings. The third kappa shape index (κ3) is 3.53. The minimum absolute atomic E-state index is 0.0381. The summed E-state index contributed by atoms with van der Waals surface area (Å²) < 4.78 is 6.58. The maximum absolute atomic E-state index is 12.7. The standard InChI is InChI=1S/C16H16Cl2N4O4/c1-2-12-19-14(15(23)21-6-7-26-11(8-21)16(24)25)20-22(12)13-9(17)4-3-5-10(13)18/h3-5,11H,2,6-8H2,1H3,(H,24,25)/t11-/m1/s1. The van der Waals surface area contributed by atoms with Crippen LogP contribution in [0.2, 0.25) is 10.0 Å². The van der Waals surface area contributed by atoms with E-state index in [1.807, 2.05) is 6.92 Å². The van der Waals surface area contributed by atoms with Crippen LogP contribution >= 0.6 is 23.2 Å². The summed E-state index contributed by atoms with van der Waals surface area (Å²) in [7, 11) is 0. The molecule has 26 heavy (non-hydrogen) atoms. The number of carboxylic acid groups (broad SMARTS) is 1. The Bertz CT molecular complexity index is 835. The zero-order chi connectivity index (χ0) is 18.8. The van der Waals surface area contributed by atoms with E-state index in [0.29, 0.717) is 28.0 Å². The van der Waals surface area contributed by atoms with Gasteiger partial charge in [-0.15, -0.1) is 5.10 Å². The van der Waals surface area contributed by atoms with Crippen molar-refractivity contribution in [2.45, 2.75) is 19.4 Å². The predicted molar refractivity (Wildman–Crippen MR) is 94.0 cm³/mol. The number of amides is 1. The normalized spacial score (nSPS) is 17.3. The van der Waals surface area contributed by atoms with Crippen molar-refractivity contribution in [3.8, 4) is 5.69 Å². The smallest absolute Gasteiger partial charge is 0.334 e. The van der Waals surface area contributed by atoms with E-state index in [9.17, 15) is 9.59 Å². The van der Waals surface area contributed by atoms with Crippen molar-refractivity contribution in [2.75, 3.05) is 19.7 Å². The summed E-state index contributed by atoms with van der Waals surface area (Å²) in [6.07, 6.45) is -0.554. The van der Waals surface area contributed by atoms with E-state index >= 15 is 0 Å². The van der Waals surface area contributed by atoms with Gasteiger partial charge in [0.05, 0.1) is 23.2 Å². The highest BCUT2D eigenvalue weighted by molar-refractivity contribution is 6.37. The first-order chi connectivity index (χ1) is 12.4. The van der Waals surface area contributed by atoms with Gasteiger partial charge in [-0.1, -0.05) is 36.2 Å². The Morgan fingerprint density at radius 2 is 2.04 bits per heavy atom. The number of nitrogens with zero attached hydrogens (tertiary/aromatic N) is 4. The Hall–Kier alpha value is -2.16. The zero-order valence-corrected chi connectivity index (χ0v) is 15.4. The molecule has 1 saturated heterocycles. The van der Waals surface area contributed by atoms with E-state index in [1.54, 1.807) is 18.2 Å². The fraction of sp³-hybridized carbons (Fsp3) is 0.375. The van der Waals surface area contributed by atoms with E-state index in [1.165, 1.54) is 9.58 Å². The SMILES string of the molecule is CCc1nc(C(=O)N2CCO[C@@H](C(=O)O)C2)nn1-c1c(Cl)cccc1Cl. The first-order valence-corrected chi connectivity index (χ1v) is 8.72. The molecule has 3 rings (SSSR count). The monoisotopic (exact) mass is 398 g/mol. The van der Waals surface area contributed by atoms with Crippen molar-refractivity contribution in [3.05, 3.63) is 39.9 Å². The van der Waals surface area contributed by atoms with Crippen LogP contribution in [-0.2, 0) is 16.0 Å². The second-order valence-corrected chi connectivity index (χ2v) is 6.45. The molecule has 2 heterocycles. The van der Waals surface area contributed by atoms with E-state index in [-0.39, 0.29) is 25.5 Å². The predicted octanol–water partition coefficient (Wildman–Crippen LogP) is 2.06. The third-order valence-corrected chi connectivity index (χ3v) is 4.57. The van der Waals surface area contributed by atoms with Crippen molar-refractivity contribution in [1.29, 1.82) is 0 Å². The molecule has 1 aromatic heterocycles. The Morgan fingerprint density at radius 1 is 1.35 bits per heavy atom. The third-order valence-electron chi connectivity index (χ3n) is 3.96. The summed E-state index contributed by atoms with van der Waals surface area (Å²) >= 11 is 12.5. The second kappa shape index (κ2) is 7.61. The highest BCUT2D eigenvalue weighted by Crippen LogP contribution is 2.29. The molecule has 0 bridgehead atoms. The number of carbonyl (C=O) groups is 2. The highest BCUT2D eigenvalue weighted by atomic mass is 35.5. The van der Waals surface area contributed by atoms with Gasteiger partial charge in [-0.2, -0.15) is 0 Å². The van der Waals surface area contributed by atoms with Crippen molar-refractivity contribution in [1.82, 2.24) is 19.7 Å². The molecular formula is C16H16Cl2N4O4. The largest absolute Gasteiger partial charge is 0.479 e. The molecule has 1 aromatic carbocycles. The average Bonchev–Trinajstić information content (AvgIpc) is 3.05. The van der Waals surface area contributed by atoms with Gasteiger partial charge < -0.3 is 14.7 Å². The summed E-state index contributed by atoms with van der Waals surface area (Å²) in [6.45, 7) is 2.22. The summed E-state index contributed by atoms with van der Waals surface area (Å²) in [5.74, 6) is -1.09. The summed E-state index contributed by atoms with van der Waals surface area (Å²) in [5.41, 5.74) is 0.449. The molecule has 0 aliphatic carbocycles. The quantitative estimate of drug-likeness (QED) is 0.846. The molecule has 0 saturated carbocycles. The first kappa shape index (κ1) is 18.6. The van der Waals surface area contributed by atoms with Crippen molar-refractivity contribution < 1.29 is 19.4 Å². The van der Waals surface area contributed by atoms with E-state index in [2.05, 4.69) is 10.1 Å². The van der Waals surface area contributed by atoms with Gasteiger partial charge >= 0.3 is 5.97 Å². The Labute approximate surface area is 159 Å².